The van der Waals surface area contributed by atoms with Crippen LogP contribution >= 0.6 is 0 Å². The number of aromatic nitrogens is 1. The fraction of sp³-hybridized carbons (Fsp3) is 0.571. The van der Waals surface area contributed by atoms with Gasteiger partial charge in [-0.05, 0) is 55.4 Å². The van der Waals surface area contributed by atoms with E-state index in [1.807, 2.05) is 32.0 Å². The van der Waals surface area contributed by atoms with E-state index in [9.17, 15) is 19.5 Å². The van der Waals surface area contributed by atoms with E-state index in [4.69, 9.17) is 4.74 Å². The Kier molecular flexibility index (Phi) is 9.62. The molecule has 1 saturated heterocycles. The van der Waals surface area contributed by atoms with Crippen molar-refractivity contribution in [1.29, 1.82) is 0 Å². The van der Waals surface area contributed by atoms with Gasteiger partial charge in [-0.25, -0.2) is 4.98 Å². The highest BCUT2D eigenvalue weighted by Crippen LogP contribution is 2.27. The summed E-state index contributed by atoms with van der Waals surface area (Å²) in [6.07, 6.45) is 0.546. The number of nitrogens with one attached hydrogen (secondary N) is 1. The molecule has 0 radical (unpaired) electrons. The molecule has 0 unspecified atom stereocenters. The van der Waals surface area contributed by atoms with Crippen LogP contribution in [0.2, 0.25) is 0 Å². The number of carboxylic acid groups (broad SMARTS) is 1. The van der Waals surface area contributed by atoms with Gasteiger partial charge in [0.05, 0.1) is 12.2 Å². The average Bonchev–Trinajstić information content (AvgIpc) is 2.83. The fourth-order valence-corrected chi connectivity index (χ4v) is 4.54. The highest BCUT2D eigenvalue weighted by atomic mass is 16.5. The van der Waals surface area contributed by atoms with Gasteiger partial charge in [0.25, 0.3) is 5.91 Å². The van der Waals surface area contributed by atoms with Gasteiger partial charge in [0.2, 0.25) is 5.91 Å². The van der Waals surface area contributed by atoms with Crippen molar-refractivity contribution in [2.75, 3.05) is 39.5 Å². The second-order valence-corrected chi connectivity index (χ2v) is 10.9. The van der Waals surface area contributed by atoms with Crippen LogP contribution in [-0.2, 0) is 20.7 Å². The largest absolute Gasteiger partial charge is 0.481 e. The van der Waals surface area contributed by atoms with Gasteiger partial charge in [0, 0.05) is 44.6 Å². The Balaban J connectivity index is 1.82. The monoisotopic (exact) mass is 512 g/mol. The predicted octanol–water partition coefficient (Wildman–Crippen LogP) is 3.23. The van der Waals surface area contributed by atoms with Crippen molar-refractivity contribution in [3.63, 3.8) is 0 Å². The highest BCUT2D eigenvalue weighted by molar-refractivity contribution is 5.98. The molecule has 202 valence electrons. The van der Waals surface area contributed by atoms with Gasteiger partial charge in [0.15, 0.2) is 0 Å². The number of aryl methyl sites for hydroxylation is 1. The average molecular weight is 513 g/mol. The number of hydrogen-bond donors (Lipinski definition) is 2. The molecule has 2 N–H and O–H groups in total. The third-order valence-corrected chi connectivity index (χ3v) is 6.42. The molecule has 1 aliphatic heterocycles. The Hall–Kier alpha value is -3.04. The van der Waals surface area contributed by atoms with E-state index in [1.165, 1.54) is 0 Å². The van der Waals surface area contributed by atoms with Crippen LogP contribution in [0, 0.1) is 12.3 Å². The van der Waals surface area contributed by atoms with Gasteiger partial charge in [0.1, 0.15) is 11.7 Å². The van der Waals surface area contributed by atoms with E-state index in [0.717, 1.165) is 28.5 Å². The Morgan fingerprint density at radius 3 is 2.46 bits per heavy atom. The standard InChI is InChI=1S/C28H40N4O5/c1-6-37-18-31-11-13-32(14-12-31)27(36)22(9-10-25(33)34)30-26(35)24-16-20(17-28(3,4)5)21-8-7-19(2)15-23(21)29-24/h7-8,15-16,22H,6,9-14,17-18H2,1-5H3,(H,30,35)(H,33,34)/t22-/m0/s1. The van der Waals surface area contributed by atoms with E-state index < -0.39 is 17.9 Å². The topological polar surface area (TPSA) is 112 Å². The van der Waals surface area contributed by atoms with Gasteiger partial charge in [-0.3, -0.25) is 19.3 Å². The van der Waals surface area contributed by atoms with Crippen LogP contribution in [0.3, 0.4) is 0 Å². The number of hydrogen-bond acceptors (Lipinski definition) is 6. The molecule has 1 atom stereocenters. The summed E-state index contributed by atoms with van der Waals surface area (Å²) in [4.78, 5) is 46.5. The molecule has 2 aromatic rings. The molecule has 1 aromatic carbocycles. The number of carboxylic acids is 1. The molecule has 1 aromatic heterocycles. The molecule has 9 nitrogen and oxygen atoms in total. The minimum Gasteiger partial charge on any atom is -0.481 e. The first-order valence-corrected chi connectivity index (χ1v) is 13.0. The van der Waals surface area contributed by atoms with Crippen LogP contribution in [0.1, 0.15) is 62.2 Å². The zero-order valence-corrected chi connectivity index (χ0v) is 22.7. The van der Waals surface area contributed by atoms with E-state index in [0.29, 0.717) is 39.5 Å². The van der Waals surface area contributed by atoms with Crippen LogP contribution in [-0.4, -0.2) is 83.2 Å². The van der Waals surface area contributed by atoms with E-state index in [1.54, 1.807) is 11.0 Å². The van der Waals surface area contributed by atoms with Crippen molar-refractivity contribution in [2.24, 2.45) is 5.41 Å². The number of ether oxygens (including phenoxy) is 1. The molecule has 0 spiro atoms. The van der Waals surface area contributed by atoms with Crippen LogP contribution in [0.4, 0.5) is 0 Å². The SMILES string of the molecule is CCOCN1CCN(C(=O)[C@H](CCC(=O)O)NC(=O)c2cc(CC(C)(C)C)c3ccc(C)cc3n2)CC1. The second-order valence-electron chi connectivity index (χ2n) is 10.9. The fourth-order valence-electron chi connectivity index (χ4n) is 4.54. The molecule has 0 bridgehead atoms. The number of aliphatic carboxylic acids is 1. The lowest BCUT2D eigenvalue weighted by molar-refractivity contribution is -0.138. The number of amides is 2. The Labute approximate surface area is 219 Å². The normalized spacial score (nSPS) is 15.5. The maximum absolute atomic E-state index is 13.4. The highest BCUT2D eigenvalue weighted by Gasteiger charge is 2.30. The van der Waals surface area contributed by atoms with Gasteiger partial charge >= 0.3 is 5.97 Å². The smallest absolute Gasteiger partial charge is 0.303 e. The Bertz CT molecular complexity index is 1120. The summed E-state index contributed by atoms with van der Waals surface area (Å²) in [6, 6.07) is 6.87. The number of pyridine rings is 1. The number of nitrogens with zero attached hydrogens (tertiary/aromatic N) is 3. The van der Waals surface area contributed by atoms with Crippen molar-refractivity contribution in [2.45, 2.75) is 59.9 Å². The van der Waals surface area contributed by atoms with Gasteiger partial charge in [-0.1, -0.05) is 32.9 Å². The molecule has 2 heterocycles. The van der Waals surface area contributed by atoms with E-state index in [2.05, 4.69) is 36.0 Å². The van der Waals surface area contributed by atoms with E-state index >= 15 is 0 Å². The van der Waals surface area contributed by atoms with Gasteiger partial charge < -0.3 is 20.1 Å². The van der Waals surface area contributed by atoms with Crippen LogP contribution in [0.25, 0.3) is 10.9 Å². The van der Waals surface area contributed by atoms with Crippen molar-refractivity contribution < 1.29 is 24.2 Å². The minimum absolute atomic E-state index is 0.00276. The second kappa shape index (κ2) is 12.5. The third-order valence-electron chi connectivity index (χ3n) is 6.42. The number of rotatable bonds is 10. The summed E-state index contributed by atoms with van der Waals surface area (Å²) in [7, 11) is 0. The lowest BCUT2D eigenvalue weighted by Gasteiger charge is -2.36. The minimum atomic E-state index is -1.01. The molecule has 0 saturated carbocycles. The zero-order valence-electron chi connectivity index (χ0n) is 22.7. The van der Waals surface area contributed by atoms with Crippen molar-refractivity contribution >= 4 is 28.7 Å². The zero-order chi connectivity index (χ0) is 27.2. The maximum Gasteiger partial charge on any atom is 0.303 e. The number of carbonyl (C=O) groups is 3. The summed E-state index contributed by atoms with van der Waals surface area (Å²) in [5, 5.41) is 13.0. The van der Waals surface area contributed by atoms with Crippen molar-refractivity contribution in [3.8, 4) is 0 Å². The number of benzene rings is 1. The number of piperazine rings is 1. The third kappa shape index (κ3) is 8.23. The molecular formula is C28H40N4O5. The van der Waals surface area contributed by atoms with Crippen molar-refractivity contribution in [3.05, 3.63) is 41.1 Å². The number of carbonyl (C=O) groups excluding carboxylic acids is 2. The number of fused-ring (bicyclic) bond motifs is 1. The molecule has 9 heteroatoms. The van der Waals surface area contributed by atoms with Gasteiger partial charge in [-0.2, -0.15) is 0 Å². The summed E-state index contributed by atoms with van der Waals surface area (Å²) in [5.41, 5.74) is 3.01. The molecular weight excluding hydrogens is 472 g/mol. The molecule has 37 heavy (non-hydrogen) atoms. The van der Waals surface area contributed by atoms with E-state index in [-0.39, 0.29) is 29.9 Å². The maximum atomic E-state index is 13.4. The molecule has 0 aliphatic carbocycles. The van der Waals surface area contributed by atoms with Crippen LogP contribution < -0.4 is 5.32 Å². The summed E-state index contributed by atoms with van der Waals surface area (Å²) in [5.74, 6) is -1.75. The molecule has 1 aliphatic rings. The summed E-state index contributed by atoms with van der Waals surface area (Å²) < 4.78 is 5.45. The summed E-state index contributed by atoms with van der Waals surface area (Å²) in [6.45, 7) is 13.8. The lowest BCUT2D eigenvalue weighted by atomic mass is 9.86. The Morgan fingerprint density at radius 2 is 1.84 bits per heavy atom. The Morgan fingerprint density at radius 1 is 1.14 bits per heavy atom. The molecule has 3 rings (SSSR count). The molecule has 2 amide bonds. The first kappa shape index (κ1) is 28.5. The van der Waals surface area contributed by atoms with Crippen LogP contribution in [0.15, 0.2) is 24.3 Å². The summed E-state index contributed by atoms with van der Waals surface area (Å²) >= 11 is 0. The quantitative estimate of drug-likeness (QED) is 0.503. The first-order chi connectivity index (χ1) is 17.5. The molecule has 1 fully saturated rings. The first-order valence-electron chi connectivity index (χ1n) is 13.0. The van der Waals surface area contributed by atoms with Crippen LogP contribution in [0.5, 0.6) is 0 Å². The predicted molar refractivity (Wildman–Crippen MR) is 142 cm³/mol. The lowest BCUT2D eigenvalue weighted by Crippen LogP contribution is -2.55. The van der Waals surface area contributed by atoms with Crippen molar-refractivity contribution in [1.82, 2.24) is 20.1 Å². The van der Waals surface area contributed by atoms with Gasteiger partial charge in [-0.15, -0.1) is 0 Å².